The maximum atomic E-state index is 12.5. The molecule has 6 nitrogen and oxygen atoms in total. The molecule has 0 saturated carbocycles. The van der Waals surface area contributed by atoms with Crippen molar-refractivity contribution >= 4 is 22.3 Å². The average Bonchev–Trinajstić information content (AvgIpc) is 3.30. The topological polar surface area (TPSA) is 74.7 Å². The highest BCUT2D eigenvalue weighted by Crippen LogP contribution is 2.38. The van der Waals surface area contributed by atoms with Crippen molar-refractivity contribution in [1.82, 2.24) is 9.88 Å². The monoisotopic (exact) mass is 397 g/mol. The highest BCUT2D eigenvalue weighted by Gasteiger charge is 2.24. The molecule has 0 bridgehead atoms. The number of pyridine rings is 1. The second kappa shape index (κ2) is 8.01. The van der Waals surface area contributed by atoms with Crippen molar-refractivity contribution in [3.8, 4) is 0 Å². The van der Waals surface area contributed by atoms with Crippen LogP contribution in [0, 0.1) is 0 Å². The number of benzene rings is 1. The van der Waals surface area contributed by atoms with Crippen molar-refractivity contribution < 1.29 is 9.00 Å². The Morgan fingerprint density at radius 2 is 1.82 bits per heavy atom. The van der Waals surface area contributed by atoms with Crippen molar-refractivity contribution in [1.29, 1.82) is 0 Å². The van der Waals surface area contributed by atoms with Crippen molar-refractivity contribution in [2.24, 2.45) is 4.36 Å². The molecular formula is C21H25N4O2S-. The van der Waals surface area contributed by atoms with Gasteiger partial charge in [-0.3, -0.25) is 4.98 Å². The molecule has 0 saturated heterocycles. The van der Waals surface area contributed by atoms with Gasteiger partial charge in [0.15, 0.2) is 0 Å². The zero-order chi connectivity index (χ0) is 19.7. The van der Waals surface area contributed by atoms with Gasteiger partial charge in [0.1, 0.15) is 0 Å². The largest absolute Gasteiger partial charge is 0.439 e. The molecule has 1 aromatic heterocycles. The van der Waals surface area contributed by atoms with Crippen molar-refractivity contribution in [3.63, 3.8) is 0 Å². The molecule has 0 atom stereocenters. The normalized spacial score (nSPS) is 16.2. The highest BCUT2D eigenvalue weighted by atomic mass is 32.2. The third kappa shape index (κ3) is 3.95. The summed E-state index contributed by atoms with van der Waals surface area (Å²) in [5, 5.41) is 2.96. The van der Waals surface area contributed by atoms with Gasteiger partial charge in [0.25, 0.3) is 0 Å². The SMILES string of the molecule is CN(C)Cc1ccc(/[S-](=O)=N/C(=O)Nc2c3c(cc4c2CCC4)CCC3)cn1. The zero-order valence-corrected chi connectivity index (χ0v) is 17.1. The van der Waals surface area contributed by atoms with Gasteiger partial charge < -0.3 is 18.8 Å². The van der Waals surface area contributed by atoms with Crippen LogP contribution in [0.25, 0.3) is 0 Å². The van der Waals surface area contributed by atoms with Crippen LogP contribution in [0.1, 0.15) is 40.8 Å². The fourth-order valence-electron chi connectivity index (χ4n) is 4.16. The molecule has 0 spiro atoms. The standard InChI is InChI=1S/C21H25N4O2S/c1-25(2)13-16-9-10-17(12-22-16)28(27)24-21(26)23-20-18-7-3-5-14(18)11-15-6-4-8-19(15)20/h9-12H,3-8,13H2,1-2H3,(H,23,26)/q-1. The van der Waals surface area contributed by atoms with Gasteiger partial charge in [-0.05, 0) is 80.9 Å². The molecule has 0 aliphatic heterocycles. The molecule has 148 valence electrons. The lowest BCUT2D eigenvalue weighted by Crippen LogP contribution is -2.12. The predicted octanol–water partition coefficient (Wildman–Crippen LogP) is 3.86. The number of fused-ring (bicyclic) bond motifs is 2. The lowest BCUT2D eigenvalue weighted by atomic mass is 9.99. The van der Waals surface area contributed by atoms with E-state index in [4.69, 9.17) is 0 Å². The molecular weight excluding hydrogens is 372 g/mol. The van der Waals surface area contributed by atoms with E-state index in [0.717, 1.165) is 49.9 Å². The van der Waals surface area contributed by atoms with Gasteiger partial charge in [0.05, 0.1) is 5.69 Å². The van der Waals surface area contributed by atoms with Crippen LogP contribution in [0.4, 0.5) is 10.5 Å². The Kier molecular flexibility index (Phi) is 5.46. The van der Waals surface area contributed by atoms with Gasteiger partial charge in [-0.1, -0.05) is 17.0 Å². The summed E-state index contributed by atoms with van der Waals surface area (Å²) in [5.41, 5.74) is 6.98. The lowest BCUT2D eigenvalue weighted by molar-refractivity contribution is 0.260. The number of carbonyl (C=O) groups is 1. The van der Waals surface area contributed by atoms with E-state index in [1.165, 1.54) is 28.5 Å². The van der Waals surface area contributed by atoms with Gasteiger partial charge in [-0.25, -0.2) is 4.79 Å². The minimum atomic E-state index is -1.77. The van der Waals surface area contributed by atoms with Gasteiger partial charge in [0.2, 0.25) is 0 Å². The minimum Gasteiger partial charge on any atom is -0.439 e. The van der Waals surface area contributed by atoms with Crippen LogP contribution in [0.2, 0.25) is 0 Å². The second-order valence-electron chi connectivity index (χ2n) is 7.73. The molecule has 2 aliphatic rings. The first-order valence-electron chi connectivity index (χ1n) is 9.72. The number of aryl methyl sites for hydroxylation is 2. The van der Waals surface area contributed by atoms with Crippen LogP contribution in [0.3, 0.4) is 0 Å². The van der Waals surface area contributed by atoms with Crippen LogP contribution in [-0.2, 0) is 47.0 Å². The quantitative estimate of drug-likeness (QED) is 0.795. The second-order valence-corrected chi connectivity index (χ2v) is 8.88. The molecule has 0 unspecified atom stereocenters. The number of aromatic nitrogens is 1. The molecule has 1 aromatic carbocycles. The molecule has 2 aliphatic carbocycles. The molecule has 28 heavy (non-hydrogen) atoms. The van der Waals surface area contributed by atoms with Crippen LogP contribution >= 0.6 is 0 Å². The van der Waals surface area contributed by atoms with Crippen LogP contribution < -0.4 is 5.32 Å². The van der Waals surface area contributed by atoms with E-state index in [2.05, 4.69) is 20.7 Å². The number of nitrogens with one attached hydrogen (secondary N) is 1. The Balaban J connectivity index is 1.54. The van der Waals surface area contributed by atoms with E-state index in [-0.39, 0.29) is 0 Å². The molecule has 0 fully saturated rings. The first-order valence-corrected chi connectivity index (χ1v) is 10.8. The Labute approximate surface area is 167 Å². The maximum Gasteiger partial charge on any atom is 0.322 e. The number of rotatable bonds is 4. The summed E-state index contributed by atoms with van der Waals surface area (Å²) in [4.78, 5) is 19.2. The summed E-state index contributed by atoms with van der Waals surface area (Å²) < 4.78 is 16.3. The number of anilines is 1. The van der Waals surface area contributed by atoms with E-state index in [1.807, 2.05) is 25.1 Å². The van der Waals surface area contributed by atoms with Crippen LogP contribution in [-0.4, -0.2) is 30.0 Å². The van der Waals surface area contributed by atoms with E-state index >= 15 is 0 Å². The van der Waals surface area contributed by atoms with Crippen molar-refractivity contribution in [2.45, 2.75) is 50.0 Å². The molecule has 7 heteroatoms. The molecule has 2 aromatic rings. The number of amides is 2. The molecule has 4 rings (SSSR count). The molecule has 1 heterocycles. The number of nitrogens with zero attached hydrogens (tertiary/aromatic N) is 3. The Morgan fingerprint density at radius 3 is 2.39 bits per heavy atom. The number of hydrogen-bond donors (Lipinski definition) is 1. The Morgan fingerprint density at radius 1 is 1.14 bits per heavy atom. The smallest absolute Gasteiger partial charge is 0.322 e. The summed E-state index contributed by atoms with van der Waals surface area (Å²) >= 11 is 0. The lowest BCUT2D eigenvalue weighted by Gasteiger charge is -2.16. The van der Waals surface area contributed by atoms with Crippen LogP contribution in [0.5, 0.6) is 0 Å². The van der Waals surface area contributed by atoms with Gasteiger partial charge >= 0.3 is 6.03 Å². The predicted molar refractivity (Wildman–Crippen MR) is 110 cm³/mol. The average molecular weight is 398 g/mol. The maximum absolute atomic E-state index is 12.5. The Bertz CT molecular complexity index is 960. The summed E-state index contributed by atoms with van der Waals surface area (Å²) in [6.07, 6.45) is 7.88. The van der Waals surface area contributed by atoms with E-state index in [9.17, 15) is 9.00 Å². The summed E-state index contributed by atoms with van der Waals surface area (Å²) in [6, 6.07) is 5.30. The first kappa shape index (κ1) is 19.1. The van der Waals surface area contributed by atoms with Crippen molar-refractivity contribution in [2.75, 3.05) is 19.4 Å². The van der Waals surface area contributed by atoms with E-state index < -0.39 is 16.6 Å². The summed E-state index contributed by atoms with van der Waals surface area (Å²) in [7, 11) is 2.16. The van der Waals surface area contributed by atoms with Crippen LogP contribution in [0.15, 0.2) is 33.7 Å². The third-order valence-corrected chi connectivity index (χ3v) is 6.32. The molecule has 1 N–H and O–H groups in total. The summed E-state index contributed by atoms with van der Waals surface area (Å²) in [5.74, 6) is 0. The molecule has 0 radical (unpaired) electrons. The number of hydrogen-bond acceptors (Lipinski definition) is 5. The fraction of sp³-hybridized carbons (Fsp3) is 0.429. The number of urea groups is 1. The van der Waals surface area contributed by atoms with Gasteiger partial charge in [-0.2, -0.15) is 0 Å². The van der Waals surface area contributed by atoms with E-state index in [1.54, 1.807) is 6.07 Å². The first-order chi connectivity index (χ1) is 13.5. The van der Waals surface area contributed by atoms with E-state index in [0.29, 0.717) is 11.4 Å². The fourth-order valence-corrected chi connectivity index (χ4v) is 4.79. The minimum absolute atomic E-state index is 0.432. The van der Waals surface area contributed by atoms with Crippen molar-refractivity contribution in [3.05, 3.63) is 52.3 Å². The summed E-state index contributed by atoms with van der Waals surface area (Å²) in [6.45, 7) is 0.703. The highest BCUT2D eigenvalue weighted by molar-refractivity contribution is 7.75. The molecule has 2 amide bonds. The zero-order valence-electron chi connectivity index (χ0n) is 16.3. The Hall–Kier alpha value is -2.25. The van der Waals surface area contributed by atoms with Gasteiger partial charge in [0, 0.05) is 18.4 Å². The third-order valence-electron chi connectivity index (χ3n) is 5.35. The number of carbonyl (C=O) groups excluding carboxylic acids is 1. The van der Waals surface area contributed by atoms with Gasteiger partial charge in [-0.15, -0.1) is 10.6 Å².